The third kappa shape index (κ3) is 4.14. The molecule has 7 heteroatoms. The fraction of sp³-hybridized carbons (Fsp3) is 0.929. The normalized spacial score (nSPS) is 38.2. The Morgan fingerprint density at radius 2 is 1.90 bits per heavy atom. The van der Waals surface area contributed by atoms with Crippen molar-refractivity contribution in [3.63, 3.8) is 0 Å². The molecule has 21 heavy (non-hydrogen) atoms. The van der Waals surface area contributed by atoms with E-state index in [9.17, 15) is 20.1 Å². The number of aliphatic hydroxyl groups excluding tert-OH is 3. The molecule has 4 N–H and O–H groups in total. The van der Waals surface area contributed by atoms with Crippen LogP contribution in [-0.4, -0.2) is 64.6 Å². The first-order chi connectivity index (χ1) is 10.0. The van der Waals surface area contributed by atoms with Crippen molar-refractivity contribution in [1.82, 2.24) is 5.32 Å². The van der Waals surface area contributed by atoms with Crippen LogP contribution in [0.1, 0.15) is 39.0 Å². The van der Waals surface area contributed by atoms with Gasteiger partial charge in [0.15, 0.2) is 6.29 Å². The molecule has 122 valence electrons. The summed E-state index contributed by atoms with van der Waals surface area (Å²) in [5.74, 6) is -0.338. The summed E-state index contributed by atoms with van der Waals surface area (Å²) >= 11 is 0. The first-order valence-corrected chi connectivity index (χ1v) is 7.58. The SMILES string of the molecule is CC(=O)N[C@@H]1[C@H](OC2CCCCC2)O[C@H](CO)[C@H](O)[C@@H]1O. The van der Waals surface area contributed by atoms with Crippen LogP contribution in [0.5, 0.6) is 0 Å². The first-order valence-electron chi connectivity index (χ1n) is 7.58. The quantitative estimate of drug-likeness (QED) is 0.546. The van der Waals surface area contributed by atoms with Crippen LogP contribution in [-0.2, 0) is 14.3 Å². The molecule has 0 radical (unpaired) electrons. The number of carbonyl (C=O) groups is 1. The van der Waals surface area contributed by atoms with Crippen LogP contribution in [0.15, 0.2) is 0 Å². The lowest BCUT2D eigenvalue weighted by Crippen LogP contribution is -2.65. The summed E-state index contributed by atoms with van der Waals surface area (Å²) in [6, 6.07) is -0.845. The maximum atomic E-state index is 11.3. The maximum Gasteiger partial charge on any atom is 0.217 e. The number of carbonyl (C=O) groups excluding carboxylic acids is 1. The van der Waals surface area contributed by atoms with E-state index in [-0.39, 0.29) is 12.0 Å². The molecule has 1 heterocycles. The Labute approximate surface area is 124 Å². The highest BCUT2D eigenvalue weighted by atomic mass is 16.7. The second-order valence-electron chi connectivity index (χ2n) is 5.83. The van der Waals surface area contributed by atoms with Crippen molar-refractivity contribution in [2.75, 3.05) is 6.61 Å². The van der Waals surface area contributed by atoms with Crippen molar-refractivity contribution in [3.05, 3.63) is 0 Å². The largest absolute Gasteiger partial charge is 0.394 e. The molecule has 1 amide bonds. The van der Waals surface area contributed by atoms with Crippen molar-refractivity contribution in [3.8, 4) is 0 Å². The minimum absolute atomic E-state index is 0.0155. The Hall–Kier alpha value is -0.730. The average Bonchev–Trinajstić information content (AvgIpc) is 2.47. The zero-order chi connectivity index (χ0) is 15.4. The monoisotopic (exact) mass is 303 g/mol. The van der Waals surface area contributed by atoms with Gasteiger partial charge in [0, 0.05) is 6.92 Å². The van der Waals surface area contributed by atoms with Gasteiger partial charge < -0.3 is 30.1 Å². The van der Waals surface area contributed by atoms with E-state index in [0.29, 0.717) is 0 Å². The summed E-state index contributed by atoms with van der Waals surface area (Å²) < 4.78 is 11.4. The van der Waals surface area contributed by atoms with Gasteiger partial charge in [-0.3, -0.25) is 4.79 Å². The Kier molecular flexibility index (Phi) is 5.95. The van der Waals surface area contributed by atoms with Crippen LogP contribution in [0.2, 0.25) is 0 Å². The fourth-order valence-electron chi connectivity index (χ4n) is 2.98. The summed E-state index contributed by atoms with van der Waals surface area (Å²) in [6.07, 6.45) is 0.887. The van der Waals surface area contributed by atoms with Crippen molar-refractivity contribution < 1.29 is 29.6 Å². The highest BCUT2D eigenvalue weighted by molar-refractivity contribution is 5.73. The summed E-state index contributed by atoms with van der Waals surface area (Å²) in [7, 11) is 0. The first kappa shape index (κ1) is 16.6. The van der Waals surface area contributed by atoms with Gasteiger partial charge in [0.2, 0.25) is 5.91 Å². The van der Waals surface area contributed by atoms with Gasteiger partial charge in [0.25, 0.3) is 0 Å². The van der Waals surface area contributed by atoms with E-state index in [2.05, 4.69) is 5.32 Å². The van der Waals surface area contributed by atoms with E-state index in [1.807, 2.05) is 0 Å². The Balaban J connectivity index is 2.06. The highest BCUT2D eigenvalue weighted by Crippen LogP contribution is 2.27. The van der Waals surface area contributed by atoms with E-state index in [0.717, 1.165) is 25.7 Å². The van der Waals surface area contributed by atoms with Crippen LogP contribution in [0.3, 0.4) is 0 Å². The lowest BCUT2D eigenvalue weighted by molar-refractivity contribution is -0.283. The number of amides is 1. The second-order valence-corrected chi connectivity index (χ2v) is 5.83. The van der Waals surface area contributed by atoms with Crippen LogP contribution in [0.25, 0.3) is 0 Å². The molecule has 2 rings (SSSR count). The van der Waals surface area contributed by atoms with Gasteiger partial charge in [-0.25, -0.2) is 0 Å². The summed E-state index contributed by atoms with van der Waals surface area (Å²) in [5, 5.41) is 31.9. The average molecular weight is 303 g/mol. The van der Waals surface area contributed by atoms with E-state index in [1.54, 1.807) is 0 Å². The molecule has 2 fully saturated rings. The van der Waals surface area contributed by atoms with Crippen molar-refractivity contribution in [2.24, 2.45) is 0 Å². The van der Waals surface area contributed by atoms with E-state index in [1.165, 1.54) is 13.3 Å². The zero-order valence-electron chi connectivity index (χ0n) is 12.3. The fourth-order valence-corrected chi connectivity index (χ4v) is 2.98. The standard InChI is InChI=1S/C14H25NO6/c1-8(17)15-11-13(19)12(18)10(7-16)21-14(11)20-9-5-3-2-4-6-9/h9-14,16,18-19H,2-7H2,1H3,(H,15,17)/t10-,11+,12+,13-,14-/m1/s1. The molecule has 0 bridgehead atoms. The van der Waals surface area contributed by atoms with E-state index < -0.39 is 37.3 Å². The van der Waals surface area contributed by atoms with Crippen molar-refractivity contribution >= 4 is 5.91 Å². The molecule has 0 unspecified atom stereocenters. The smallest absolute Gasteiger partial charge is 0.217 e. The number of nitrogens with one attached hydrogen (secondary N) is 1. The highest BCUT2D eigenvalue weighted by Gasteiger charge is 2.46. The van der Waals surface area contributed by atoms with Crippen LogP contribution in [0.4, 0.5) is 0 Å². The molecule has 0 spiro atoms. The van der Waals surface area contributed by atoms with Gasteiger partial charge in [0.05, 0.1) is 12.7 Å². The predicted molar refractivity (Wildman–Crippen MR) is 73.3 cm³/mol. The molecule has 2 aliphatic rings. The lowest BCUT2D eigenvalue weighted by atomic mass is 9.95. The van der Waals surface area contributed by atoms with Crippen LogP contribution >= 0.6 is 0 Å². The van der Waals surface area contributed by atoms with Crippen molar-refractivity contribution in [1.29, 1.82) is 0 Å². The third-order valence-corrected chi connectivity index (χ3v) is 4.13. The van der Waals surface area contributed by atoms with E-state index in [4.69, 9.17) is 9.47 Å². The molecular formula is C14H25NO6. The zero-order valence-corrected chi connectivity index (χ0v) is 12.3. The molecule has 0 aromatic carbocycles. The number of rotatable bonds is 4. The lowest BCUT2D eigenvalue weighted by Gasteiger charge is -2.43. The van der Waals surface area contributed by atoms with Gasteiger partial charge in [-0.15, -0.1) is 0 Å². The Morgan fingerprint density at radius 3 is 2.48 bits per heavy atom. The topological polar surface area (TPSA) is 108 Å². The Bertz CT molecular complexity index is 346. The number of hydrogen-bond acceptors (Lipinski definition) is 6. The van der Waals surface area contributed by atoms with Gasteiger partial charge in [0.1, 0.15) is 24.4 Å². The van der Waals surface area contributed by atoms with Gasteiger partial charge >= 0.3 is 0 Å². The van der Waals surface area contributed by atoms with E-state index >= 15 is 0 Å². The number of aliphatic hydroxyl groups is 3. The summed E-state index contributed by atoms with van der Waals surface area (Å²) in [5.41, 5.74) is 0. The summed E-state index contributed by atoms with van der Waals surface area (Å²) in [4.78, 5) is 11.3. The number of hydrogen-bond donors (Lipinski definition) is 4. The molecular weight excluding hydrogens is 278 g/mol. The molecule has 0 aromatic rings. The maximum absolute atomic E-state index is 11.3. The molecule has 1 aliphatic heterocycles. The number of ether oxygens (including phenoxy) is 2. The van der Waals surface area contributed by atoms with Crippen molar-refractivity contribution in [2.45, 2.75) is 75.8 Å². The van der Waals surface area contributed by atoms with Crippen LogP contribution < -0.4 is 5.32 Å². The molecule has 7 nitrogen and oxygen atoms in total. The third-order valence-electron chi connectivity index (χ3n) is 4.13. The van der Waals surface area contributed by atoms with Gasteiger partial charge in [-0.2, -0.15) is 0 Å². The van der Waals surface area contributed by atoms with Gasteiger partial charge in [-0.1, -0.05) is 19.3 Å². The minimum Gasteiger partial charge on any atom is -0.394 e. The Morgan fingerprint density at radius 1 is 1.24 bits per heavy atom. The second kappa shape index (κ2) is 7.51. The predicted octanol–water partition coefficient (Wildman–Crippen LogP) is -0.721. The van der Waals surface area contributed by atoms with Gasteiger partial charge in [-0.05, 0) is 12.8 Å². The molecule has 1 saturated heterocycles. The van der Waals surface area contributed by atoms with Crippen LogP contribution in [0, 0.1) is 0 Å². The molecule has 5 atom stereocenters. The minimum atomic E-state index is -1.27. The molecule has 1 aliphatic carbocycles. The summed E-state index contributed by atoms with van der Waals surface area (Å²) in [6.45, 7) is 0.907. The molecule has 1 saturated carbocycles. The molecule has 0 aromatic heterocycles.